The molecule has 4 aromatic rings. The predicted molar refractivity (Wildman–Crippen MR) is 149 cm³/mol. The molecule has 0 saturated carbocycles. The highest BCUT2D eigenvalue weighted by molar-refractivity contribution is 6.30. The number of aryl methyl sites for hydroxylation is 2. The van der Waals surface area contributed by atoms with E-state index in [1.807, 2.05) is 30.3 Å². The Morgan fingerprint density at radius 2 is 1.68 bits per heavy atom. The molecule has 1 saturated heterocycles. The minimum Gasteiger partial charge on any atom is -0.368 e. The maximum absolute atomic E-state index is 12.7. The van der Waals surface area contributed by atoms with Crippen molar-refractivity contribution in [1.82, 2.24) is 10.1 Å². The summed E-state index contributed by atoms with van der Waals surface area (Å²) in [5.41, 5.74) is 5.32. The molecule has 5 rings (SSSR count). The smallest absolute Gasteiger partial charge is 0.261 e. The second kappa shape index (κ2) is 11.1. The first-order valence-electron chi connectivity index (χ1n) is 12.5. The molecule has 0 bridgehead atoms. The number of piperazine rings is 1. The summed E-state index contributed by atoms with van der Waals surface area (Å²) in [6.07, 6.45) is 0. The van der Waals surface area contributed by atoms with Crippen molar-refractivity contribution in [3.8, 4) is 6.07 Å². The van der Waals surface area contributed by atoms with E-state index >= 15 is 0 Å². The molecule has 1 atom stereocenters. The van der Waals surface area contributed by atoms with E-state index < -0.39 is 0 Å². The van der Waals surface area contributed by atoms with Crippen LogP contribution in [-0.4, -0.2) is 42.1 Å². The molecule has 1 amide bonds. The van der Waals surface area contributed by atoms with Crippen molar-refractivity contribution >= 4 is 28.9 Å². The third-order valence-electron chi connectivity index (χ3n) is 6.96. The molecule has 8 heteroatoms. The van der Waals surface area contributed by atoms with E-state index in [4.69, 9.17) is 16.1 Å². The monoisotopic (exact) mass is 525 g/mol. The molecule has 0 aliphatic carbocycles. The van der Waals surface area contributed by atoms with Crippen molar-refractivity contribution in [3.05, 3.63) is 112 Å². The number of hydrogen-bond acceptors (Lipinski definition) is 6. The Kier molecular flexibility index (Phi) is 7.45. The van der Waals surface area contributed by atoms with E-state index in [-0.39, 0.29) is 11.9 Å². The van der Waals surface area contributed by atoms with Crippen LogP contribution in [-0.2, 0) is 0 Å². The van der Waals surface area contributed by atoms with Crippen LogP contribution in [0, 0.1) is 25.2 Å². The van der Waals surface area contributed by atoms with Crippen LogP contribution in [0.4, 0.5) is 11.4 Å². The number of amides is 1. The lowest BCUT2D eigenvalue weighted by atomic mass is 9.96. The first-order chi connectivity index (χ1) is 18.4. The normalized spacial score (nSPS) is 14.6. The van der Waals surface area contributed by atoms with Crippen LogP contribution in [0.3, 0.4) is 0 Å². The molecule has 7 nitrogen and oxygen atoms in total. The van der Waals surface area contributed by atoms with Gasteiger partial charge in [0.05, 0.1) is 23.0 Å². The summed E-state index contributed by atoms with van der Waals surface area (Å²) in [4.78, 5) is 17.4. The van der Waals surface area contributed by atoms with Gasteiger partial charge >= 0.3 is 0 Å². The number of halogens is 1. The number of carbonyl (C=O) groups is 1. The second-order valence-corrected chi connectivity index (χ2v) is 9.82. The third kappa shape index (κ3) is 5.28. The molecular formula is C30H28ClN5O2. The Morgan fingerprint density at radius 1 is 1.00 bits per heavy atom. The molecule has 3 aromatic carbocycles. The lowest BCUT2D eigenvalue weighted by Gasteiger charge is -2.41. The number of aromatic nitrogens is 1. The van der Waals surface area contributed by atoms with Gasteiger partial charge in [0.25, 0.3) is 5.91 Å². The molecule has 0 spiro atoms. The zero-order chi connectivity index (χ0) is 26.6. The molecule has 0 radical (unpaired) electrons. The maximum Gasteiger partial charge on any atom is 0.261 e. The fraction of sp³-hybridized carbons (Fsp3) is 0.233. The summed E-state index contributed by atoms with van der Waals surface area (Å²) in [6.45, 7) is 6.64. The minimum absolute atomic E-state index is 0.118. The number of nitrogens with one attached hydrogen (secondary N) is 1. The van der Waals surface area contributed by atoms with Crippen LogP contribution in [0.5, 0.6) is 0 Å². The topological polar surface area (TPSA) is 85.4 Å². The van der Waals surface area contributed by atoms with Crippen LogP contribution in [0.25, 0.3) is 0 Å². The van der Waals surface area contributed by atoms with E-state index in [9.17, 15) is 10.1 Å². The first kappa shape index (κ1) is 25.5. The Hall–Kier alpha value is -4.12. The van der Waals surface area contributed by atoms with Gasteiger partial charge in [-0.05, 0) is 55.3 Å². The molecule has 1 aliphatic rings. The zero-order valence-corrected chi connectivity index (χ0v) is 22.1. The van der Waals surface area contributed by atoms with Crippen LogP contribution in [0.15, 0.2) is 77.3 Å². The van der Waals surface area contributed by atoms with Gasteiger partial charge in [0.2, 0.25) is 0 Å². The Balaban J connectivity index is 1.32. The van der Waals surface area contributed by atoms with Gasteiger partial charge in [-0.3, -0.25) is 9.69 Å². The van der Waals surface area contributed by atoms with Gasteiger partial charge in [-0.15, -0.1) is 0 Å². The van der Waals surface area contributed by atoms with Gasteiger partial charge in [0.15, 0.2) is 0 Å². The van der Waals surface area contributed by atoms with Crippen molar-refractivity contribution in [3.63, 3.8) is 0 Å². The highest BCUT2D eigenvalue weighted by Crippen LogP contribution is 2.32. The first-order valence-corrected chi connectivity index (χ1v) is 12.9. The van der Waals surface area contributed by atoms with E-state index in [1.54, 1.807) is 19.9 Å². The fourth-order valence-electron chi connectivity index (χ4n) is 5.10. The van der Waals surface area contributed by atoms with Gasteiger partial charge in [-0.2, -0.15) is 5.26 Å². The number of carbonyl (C=O) groups excluding carboxylic acids is 1. The molecule has 1 fully saturated rings. The van der Waals surface area contributed by atoms with E-state index in [1.165, 1.54) is 11.1 Å². The molecule has 1 aliphatic heterocycles. The van der Waals surface area contributed by atoms with Crippen LogP contribution < -0.4 is 10.2 Å². The highest BCUT2D eigenvalue weighted by atomic mass is 35.5. The Labute approximate surface area is 227 Å². The van der Waals surface area contributed by atoms with Crippen molar-refractivity contribution in [2.24, 2.45) is 0 Å². The highest BCUT2D eigenvalue weighted by Gasteiger charge is 2.27. The van der Waals surface area contributed by atoms with Crippen molar-refractivity contribution in [1.29, 1.82) is 5.26 Å². The molecule has 2 heterocycles. The van der Waals surface area contributed by atoms with Crippen LogP contribution in [0.1, 0.15) is 44.5 Å². The number of anilines is 2. The number of rotatable bonds is 6. The summed E-state index contributed by atoms with van der Waals surface area (Å²) in [6, 6.07) is 26.4. The molecule has 38 heavy (non-hydrogen) atoms. The van der Waals surface area contributed by atoms with E-state index in [2.05, 4.69) is 62.7 Å². The average Bonchev–Trinajstić information content (AvgIpc) is 3.28. The van der Waals surface area contributed by atoms with Crippen molar-refractivity contribution in [2.45, 2.75) is 19.9 Å². The van der Waals surface area contributed by atoms with Crippen LogP contribution >= 0.6 is 11.6 Å². The summed E-state index contributed by atoms with van der Waals surface area (Å²) < 4.78 is 5.10. The van der Waals surface area contributed by atoms with Crippen molar-refractivity contribution < 1.29 is 9.32 Å². The zero-order valence-electron chi connectivity index (χ0n) is 21.3. The SMILES string of the molecule is Cc1noc(C)c1C(=O)Nc1ccc(N2CCN(C(c3ccccc3)c3ccc(Cl)cc3)CC2)c(C#N)c1. The minimum atomic E-state index is -0.305. The number of nitrogens with zero attached hydrogens (tertiary/aromatic N) is 4. The lowest BCUT2D eigenvalue weighted by molar-refractivity contribution is 0.102. The largest absolute Gasteiger partial charge is 0.368 e. The summed E-state index contributed by atoms with van der Waals surface area (Å²) in [5.74, 6) is 0.156. The molecule has 1 unspecified atom stereocenters. The number of benzene rings is 3. The van der Waals surface area contributed by atoms with Crippen LogP contribution in [0.2, 0.25) is 5.02 Å². The summed E-state index contributed by atoms with van der Waals surface area (Å²) in [7, 11) is 0. The Bertz CT molecular complexity index is 1450. The lowest BCUT2D eigenvalue weighted by Crippen LogP contribution is -2.48. The van der Waals surface area contributed by atoms with Gasteiger partial charge in [0.1, 0.15) is 17.4 Å². The maximum atomic E-state index is 12.7. The van der Waals surface area contributed by atoms with E-state index in [0.29, 0.717) is 28.3 Å². The third-order valence-corrected chi connectivity index (χ3v) is 7.21. The van der Waals surface area contributed by atoms with Gasteiger partial charge in [-0.25, -0.2) is 0 Å². The molecular weight excluding hydrogens is 498 g/mol. The average molecular weight is 526 g/mol. The standard InChI is InChI=1S/C30H28ClN5O2/c1-20-28(21(2)38-34-20)30(37)33-26-12-13-27(24(18-26)19-32)35-14-16-36(17-15-35)29(22-6-4-3-5-7-22)23-8-10-25(31)11-9-23/h3-13,18,29H,14-17H2,1-2H3,(H,33,37). The fourth-order valence-corrected chi connectivity index (χ4v) is 5.22. The number of hydrogen-bond donors (Lipinski definition) is 1. The van der Waals surface area contributed by atoms with Crippen molar-refractivity contribution in [2.75, 3.05) is 36.4 Å². The van der Waals surface area contributed by atoms with Gasteiger partial charge < -0.3 is 14.7 Å². The summed E-state index contributed by atoms with van der Waals surface area (Å²) in [5, 5.41) is 17.3. The van der Waals surface area contributed by atoms with Gasteiger partial charge in [0, 0.05) is 36.9 Å². The summed E-state index contributed by atoms with van der Waals surface area (Å²) >= 11 is 6.17. The predicted octanol–water partition coefficient (Wildman–Crippen LogP) is 5.98. The molecule has 1 aromatic heterocycles. The van der Waals surface area contributed by atoms with E-state index in [0.717, 1.165) is 36.9 Å². The molecule has 192 valence electrons. The molecule has 1 N–H and O–H groups in total. The van der Waals surface area contributed by atoms with Gasteiger partial charge in [-0.1, -0.05) is 59.2 Å². The second-order valence-electron chi connectivity index (χ2n) is 9.38. The number of nitriles is 1. The quantitative estimate of drug-likeness (QED) is 0.333. The Morgan fingerprint density at radius 3 is 2.32 bits per heavy atom.